The van der Waals surface area contributed by atoms with E-state index in [1.165, 1.54) is 50.0 Å². The molecule has 30 heavy (non-hydrogen) atoms. The van der Waals surface area contributed by atoms with Gasteiger partial charge >= 0.3 is 0 Å². The van der Waals surface area contributed by atoms with Crippen molar-refractivity contribution in [3.63, 3.8) is 0 Å². The molecule has 1 unspecified atom stereocenters. The highest BCUT2D eigenvalue weighted by Crippen LogP contribution is 2.14. The number of hydrogen-bond donors (Lipinski definition) is 2. The number of likely N-dealkylation sites (tertiary alicyclic amines) is 1. The zero-order valence-corrected chi connectivity index (χ0v) is 19.0. The van der Waals surface area contributed by atoms with Crippen LogP contribution >= 0.6 is 0 Å². The first-order valence-corrected chi connectivity index (χ1v) is 11.9. The van der Waals surface area contributed by atoms with Crippen LogP contribution in [-0.4, -0.2) is 74.8 Å². The quantitative estimate of drug-likeness (QED) is 0.480. The summed E-state index contributed by atoms with van der Waals surface area (Å²) in [6, 6.07) is 8.70. The number of ether oxygens (including phenoxy) is 1. The third-order valence-corrected chi connectivity index (χ3v) is 6.00. The molecule has 1 atom stereocenters. The molecule has 2 aliphatic rings. The Balaban J connectivity index is 1.52. The van der Waals surface area contributed by atoms with Crippen molar-refractivity contribution in [2.24, 2.45) is 10.9 Å². The van der Waals surface area contributed by atoms with Crippen molar-refractivity contribution >= 4 is 5.96 Å². The fourth-order valence-corrected chi connectivity index (χ4v) is 4.29. The van der Waals surface area contributed by atoms with E-state index < -0.39 is 0 Å². The standard InChI is InChI=1S/C24H41N5O/c1-3-25-24(26-17-21(2)19-28-11-7-4-8-12-28)27-18-22-9-5-6-10-23(22)20-29-13-15-30-16-14-29/h5-6,9-10,21H,3-4,7-8,11-20H2,1-2H3,(H2,25,26,27). The van der Waals surface area contributed by atoms with Gasteiger partial charge in [0.05, 0.1) is 19.8 Å². The van der Waals surface area contributed by atoms with Gasteiger partial charge in [0.15, 0.2) is 5.96 Å². The fraction of sp³-hybridized carbons (Fsp3) is 0.708. The molecule has 2 aliphatic heterocycles. The molecule has 168 valence electrons. The Bertz CT molecular complexity index is 638. The number of piperidine rings is 1. The van der Waals surface area contributed by atoms with Gasteiger partial charge in [-0.1, -0.05) is 37.6 Å². The molecule has 6 nitrogen and oxygen atoms in total. The minimum absolute atomic E-state index is 0.612. The number of nitrogens with one attached hydrogen (secondary N) is 2. The van der Waals surface area contributed by atoms with Gasteiger partial charge in [-0.05, 0) is 49.9 Å². The Morgan fingerprint density at radius 1 is 1.00 bits per heavy atom. The SMILES string of the molecule is CCNC(=NCc1ccccc1CN1CCOCC1)NCC(C)CN1CCCCC1. The lowest BCUT2D eigenvalue weighted by molar-refractivity contribution is 0.0341. The zero-order valence-electron chi connectivity index (χ0n) is 19.0. The molecular weight excluding hydrogens is 374 g/mol. The molecule has 0 bridgehead atoms. The van der Waals surface area contributed by atoms with Gasteiger partial charge < -0.3 is 20.3 Å². The molecule has 0 radical (unpaired) electrons. The third-order valence-electron chi connectivity index (χ3n) is 6.00. The van der Waals surface area contributed by atoms with Crippen molar-refractivity contribution in [1.82, 2.24) is 20.4 Å². The third kappa shape index (κ3) is 7.89. The summed E-state index contributed by atoms with van der Waals surface area (Å²) in [5.41, 5.74) is 2.68. The van der Waals surface area contributed by atoms with Crippen molar-refractivity contribution < 1.29 is 4.74 Å². The number of nitrogens with zero attached hydrogens (tertiary/aromatic N) is 3. The number of aliphatic imine (C=N–C) groups is 1. The van der Waals surface area contributed by atoms with Gasteiger partial charge in [-0.25, -0.2) is 4.99 Å². The first-order chi connectivity index (χ1) is 14.7. The van der Waals surface area contributed by atoms with Gasteiger partial charge in [-0.15, -0.1) is 0 Å². The second-order valence-corrected chi connectivity index (χ2v) is 8.70. The van der Waals surface area contributed by atoms with E-state index in [0.717, 1.165) is 51.9 Å². The van der Waals surface area contributed by atoms with Crippen LogP contribution in [0.15, 0.2) is 29.3 Å². The molecule has 0 aliphatic carbocycles. The minimum Gasteiger partial charge on any atom is -0.379 e. The van der Waals surface area contributed by atoms with Crippen LogP contribution in [0.25, 0.3) is 0 Å². The molecule has 1 aromatic rings. The van der Waals surface area contributed by atoms with Crippen LogP contribution in [0.3, 0.4) is 0 Å². The van der Waals surface area contributed by atoms with E-state index in [1.54, 1.807) is 0 Å². The zero-order chi connectivity index (χ0) is 21.0. The predicted octanol–water partition coefficient (Wildman–Crippen LogP) is 2.70. The van der Waals surface area contributed by atoms with Crippen LogP contribution in [0.2, 0.25) is 0 Å². The van der Waals surface area contributed by atoms with Gasteiger partial charge in [0.25, 0.3) is 0 Å². The van der Waals surface area contributed by atoms with Crippen molar-refractivity contribution in [2.75, 3.05) is 59.0 Å². The molecular formula is C24H41N5O. The largest absolute Gasteiger partial charge is 0.379 e. The van der Waals surface area contributed by atoms with E-state index in [-0.39, 0.29) is 0 Å². The average Bonchev–Trinajstić information content (AvgIpc) is 2.78. The maximum atomic E-state index is 5.48. The second kappa shape index (κ2) is 12.9. The molecule has 1 aromatic carbocycles. The summed E-state index contributed by atoms with van der Waals surface area (Å²) in [6.07, 6.45) is 4.11. The minimum atomic E-state index is 0.612. The number of guanidine groups is 1. The summed E-state index contributed by atoms with van der Waals surface area (Å²) in [4.78, 5) is 9.98. The lowest BCUT2D eigenvalue weighted by atomic mass is 10.1. The van der Waals surface area contributed by atoms with Gasteiger partial charge in [-0.3, -0.25) is 4.90 Å². The topological polar surface area (TPSA) is 52.1 Å². The molecule has 2 heterocycles. The van der Waals surface area contributed by atoms with Crippen molar-refractivity contribution in [3.8, 4) is 0 Å². The summed E-state index contributed by atoms with van der Waals surface area (Å²) in [7, 11) is 0. The van der Waals surface area contributed by atoms with E-state index in [4.69, 9.17) is 9.73 Å². The number of benzene rings is 1. The Kier molecular flexibility index (Phi) is 9.93. The van der Waals surface area contributed by atoms with Crippen molar-refractivity contribution in [3.05, 3.63) is 35.4 Å². The Labute approximate surface area is 183 Å². The van der Waals surface area contributed by atoms with Gasteiger partial charge in [0.2, 0.25) is 0 Å². The summed E-state index contributed by atoms with van der Waals surface area (Å²) < 4.78 is 5.48. The number of rotatable bonds is 9. The molecule has 2 fully saturated rings. The van der Waals surface area contributed by atoms with Crippen molar-refractivity contribution in [1.29, 1.82) is 0 Å². The lowest BCUT2D eigenvalue weighted by Gasteiger charge is -2.29. The van der Waals surface area contributed by atoms with Crippen LogP contribution < -0.4 is 10.6 Å². The molecule has 6 heteroatoms. The fourth-order valence-electron chi connectivity index (χ4n) is 4.29. The summed E-state index contributed by atoms with van der Waals surface area (Å²) >= 11 is 0. The maximum absolute atomic E-state index is 5.48. The highest BCUT2D eigenvalue weighted by molar-refractivity contribution is 5.79. The molecule has 0 aromatic heterocycles. The first-order valence-electron chi connectivity index (χ1n) is 11.9. The Morgan fingerprint density at radius 3 is 2.47 bits per heavy atom. The second-order valence-electron chi connectivity index (χ2n) is 8.70. The van der Waals surface area contributed by atoms with E-state index in [1.807, 2.05) is 0 Å². The van der Waals surface area contributed by atoms with Crippen LogP contribution in [0.4, 0.5) is 0 Å². The summed E-state index contributed by atoms with van der Waals surface area (Å²) in [5.74, 6) is 1.53. The van der Waals surface area contributed by atoms with Crippen LogP contribution in [0.1, 0.15) is 44.2 Å². The van der Waals surface area contributed by atoms with E-state index >= 15 is 0 Å². The predicted molar refractivity (Wildman–Crippen MR) is 125 cm³/mol. The smallest absolute Gasteiger partial charge is 0.191 e. The van der Waals surface area contributed by atoms with E-state index in [0.29, 0.717) is 12.5 Å². The molecule has 0 amide bonds. The molecule has 2 N–H and O–H groups in total. The highest BCUT2D eigenvalue weighted by Gasteiger charge is 2.14. The van der Waals surface area contributed by atoms with Crippen LogP contribution in [-0.2, 0) is 17.8 Å². The van der Waals surface area contributed by atoms with Crippen LogP contribution in [0.5, 0.6) is 0 Å². The molecule has 3 rings (SSSR count). The summed E-state index contributed by atoms with van der Waals surface area (Å²) in [5, 5.41) is 6.98. The highest BCUT2D eigenvalue weighted by atomic mass is 16.5. The number of morpholine rings is 1. The lowest BCUT2D eigenvalue weighted by Crippen LogP contribution is -2.42. The van der Waals surface area contributed by atoms with Gasteiger partial charge in [-0.2, -0.15) is 0 Å². The van der Waals surface area contributed by atoms with E-state index in [9.17, 15) is 0 Å². The maximum Gasteiger partial charge on any atom is 0.191 e. The normalized spacial score (nSPS) is 20.1. The van der Waals surface area contributed by atoms with Crippen molar-refractivity contribution in [2.45, 2.75) is 46.2 Å². The monoisotopic (exact) mass is 415 g/mol. The molecule has 0 spiro atoms. The number of hydrogen-bond acceptors (Lipinski definition) is 4. The van der Waals surface area contributed by atoms with E-state index in [2.05, 4.69) is 58.5 Å². The van der Waals surface area contributed by atoms with Gasteiger partial charge in [0.1, 0.15) is 0 Å². The van der Waals surface area contributed by atoms with Crippen LogP contribution in [0, 0.1) is 5.92 Å². The molecule has 0 saturated carbocycles. The first kappa shape index (κ1) is 23.0. The molecule has 2 saturated heterocycles. The summed E-state index contributed by atoms with van der Waals surface area (Å²) in [6.45, 7) is 15.4. The Morgan fingerprint density at radius 2 is 1.73 bits per heavy atom. The average molecular weight is 416 g/mol. The van der Waals surface area contributed by atoms with Gasteiger partial charge in [0, 0.05) is 39.3 Å². The Hall–Kier alpha value is -1.63.